The number of nitrogens with two attached hydrogens (primary N) is 1. The SMILES string of the molecule is C[C@@H](OC(=O)COc1ccccc1Cc1ccccc1)C(=O)NC(N)=O. The van der Waals surface area contributed by atoms with Crippen molar-refractivity contribution in [3.63, 3.8) is 0 Å². The summed E-state index contributed by atoms with van der Waals surface area (Å²) in [5, 5.41) is 1.84. The van der Waals surface area contributed by atoms with Gasteiger partial charge in [-0.05, 0) is 24.1 Å². The highest BCUT2D eigenvalue weighted by Crippen LogP contribution is 2.21. The molecule has 0 aliphatic carbocycles. The lowest BCUT2D eigenvalue weighted by Gasteiger charge is -2.14. The van der Waals surface area contributed by atoms with Crippen LogP contribution in [0.25, 0.3) is 0 Å². The highest BCUT2D eigenvalue weighted by molar-refractivity contribution is 5.96. The first kappa shape index (κ1) is 19.0. The third-order valence-electron chi connectivity index (χ3n) is 3.48. The molecule has 0 spiro atoms. The number of hydrogen-bond donors (Lipinski definition) is 2. The fraction of sp³-hybridized carbons (Fsp3) is 0.211. The first-order valence-electron chi connectivity index (χ1n) is 8.00. The third kappa shape index (κ3) is 5.94. The maximum Gasteiger partial charge on any atom is 0.344 e. The standard InChI is InChI=1S/C19H20N2O5/c1-13(18(23)21-19(20)24)26-17(22)12-25-16-10-6-5-9-15(16)11-14-7-3-2-4-8-14/h2-10,13H,11-12H2,1H3,(H3,20,21,23,24)/t13-/m1/s1. The first-order valence-corrected chi connectivity index (χ1v) is 8.00. The van der Waals surface area contributed by atoms with Crippen LogP contribution in [0.3, 0.4) is 0 Å². The molecule has 0 aliphatic heterocycles. The van der Waals surface area contributed by atoms with Crippen LogP contribution in [0.15, 0.2) is 54.6 Å². The predicted molar refractivity (Wildman–Crippen MR) is 94.5 cm³/mol. The first-order chi connectivity index (χ1) is 12.5. The topological polar surface area (TPSA) is 108 Å². The number of carbonyl (C=O) groups is 3. The molecule has 136 valence electrons. The number of carbonyl (C=O) groups excluding carboxylic acids is 3. The molecular weight excluding hydrogens is 336 g/mol. The van der Waals surface area contributed by atoms with Gasteiger partial charge in [0.05, 0.1) is 0 Å². The number of esters is 1. The van der Waals surface area contributed by atoms with Gasteiger partial charge < -0.3 is 15.2 Å². The van der Waals surface area contributed by atoms with E-state index in [1.54, 1.807) is 12.1 Å². The van der Waals surface area contributed by atoms with Crippen LogP contribution in [-0.2, 0) is 20.7 Å². The van der Waals surface area contributed by atoms with Crippen molar-refractivity contribution in [3.8, 4) is 5.75 Å². The Morgan fingerprint density at radius 2 is 1.69 bits per heavy atom. The molecular formula is C19H20N2O5. The number of rotatable bonds is 7. The zero-order valence-corrected chi connectivity index (χ0v) is 14.3. The molecule has 3 N–H and O–H groups in total. The summed E-state index contributed by atoms with van der Waals surface area (Å²) < 4.78 is 10.4. The normalized spacial score (nSPS) is 11.3. The molecule has 0 radical (unpaired) electrons. The molecule has 0 saturated carbocycles. The third-order valence-corrected chi connectivity index (χ3v) is 3.48. The van der Waals surface area contributed by atoms with Crippen molar-refractivity contribution in [2.24, 2.45) is 5.73 Å². The summed E-state index contributed by atoms with van der Waals surface area (Å²) in [6, 6.07) is 16.2. The van der Waals surface area contributed by atoms with Crippen LogP contribution in [-0.4, -0.2) is 30.6 Å². The summed E-state index contributed by atoms with van der Waals surface area (Å²) in [5.41, 5.74) is 6.88. The maximum atomic E-state index is 11.8. The van der Waals surface area contributed by atoms with Crippen LogP contribution >= 0.6 is 0 Å². The molecule has 3 amide bonds. The van der Waals surface area contributed by atoms with Crippen molar-refractivity contribution in [3.05, 3.63) is 65.7 Å². The lowest BCUT2D eigenvalue weighted by Crippen LogP contribution is -2.42. The molecule has 7 heteroatoms. The van der Waals surface area contributed by atoms with Crippen LogP contribution in [0.2, 0.25) is 0 Å². The minimum absolute atomic E-state index is 0.361. The van der Waals surface area contributed by atoms with Crippen molar-refractivity contribution in [2.75, 3.05) is 6.61 Å². The van der Waals surface area contributed by atoms with Gasteiger partial charge in [0.1, 0.15) is 5.75 Å². The van der Waals surface area contributed by atoms with Gasteiger partial charge in [-0.1, -0.05) is 48.5 Å². The summed E-state index contributed by atoms with van der Waals surface area (Å²) in [7, 11) is 0. The molecule has 0 aromatic heterocycles. The molecule has 0 heterocycles. The number of hydrogen-bond acceptors (Lipinski definition) is 5. The fourth-order valence-electron chi connectivity index (χ4n) is 2.25. The Morgan fingerprint density at radius 1 is 1.04 bits per heavy atom. The van der Waals surface area contributed by atoms with Crippen LogP contribution in [0.1, 0.15) is 18.1 Å². The number of amides is 3. The van der Waals surface area contributed by atoms with Crippen LogP contribution in [0.5, 0.6) is 5.75 Å². The van der Waals surface area contributed by atoms with E-state index >= 15 is 0 Å². The van der Waals surface area contributed by atoms with Crippen LogP contribution in [0.4, 0.5) is 4.79 Å². The van der Waals surface area contributed by atoms with E-state index in [0.717, 1.165) is 11.1 Å². The van der Waals surface area contributed by atoms with E-state index in [0.29, 0.717) is 12.2 Å². The van der Waals surface area contributed by atoms with E-state index in [2.05, 4.69) is 0 Å². The smallest absolute Gasteiger partial charge is 0.344 e. The summed E-state index contributed by atoms with van der Waals surface area (Å²) in [5.74, 6) is -0.968. The number of benzene rings is 2. The number of para-hydroxylation sites is 1. The second kappa shape index (κ2) is 9.22. The van der Waals surface area contributed by atoms with E-state index in [-0.39, 0.29) is 6.61 Å². The van der Waals surface area contributed by atoms with Gasteiger partial charge in [0, 0.05) is 6.42 Å². The Hall–Kier alpha value is -3.35. The number of imide groups is 1. The Bertz CT molecular complexity index is 777. The van der Waals surface area contributed by atoms with Crippen molar-refractivity contribution in [2.45, 2.75) is 19.4 Å². The molecule has 1 atom stereocenters. The van der Waals surface area contributed by atoms with Gasteiger partial charge in [-0.3, -0.25) is 10.1 Å². The maximum absolute atomic E-state index is 11.8. The van der Waals surface area contributed by atoms with Gasteiger partial charge in [-0.2, -0.15) is 0 Å². The number of ether oxygens (including phenoxy) is 2. The van der Waals surface area contributed by atoms with Crippen LogP contribution < -0.4 is 15.8 Å². The highest BCUT2D eigenvalue weighted by atomic mass is 16.6. The van der Waals surface area contributed by atoms with Crippen molar-refractivity contribution in [1.29, 1.82) is 0 Å². The van der Waals surface area contributed by atoms with Gasteiger partial charge in [0.15, 0.2) is 12.7 Å². The molecule has 2 rings (SSSR count). The average Bonchev–Trinajstić information content (AvgIpc) is 2.61. The summed E-state index contributed by atoms with van der Waals surface area (Å²) in [6.45, 7) is 0.972. The lowest BCUT2D eigenvalue weighted by molar-refractivity contribution is -0.156. The molecule has 0 fully saturated rings. The Balaban J connectivity index is 1.92. The summed E-state index contributed by atoms with van der Waals surface area (Å²) in [4.78, 5) is 34.0. The molecule has 0 aliphatic rings. The van der Waals surface area contributed by atoms with Gasteiger partial charge in [0.2, 0.25) is 0 Å². The molecule has 2 aromatic rings. The van der Waals surface area contributed by atoms with Crippen LogP contribution in [0, 0.1) is 0 Å². The zero-order chi connectivity index (χ0) is 18.9. The summed E-state index contributed by atoms with van der Waals surface area (Å²) >= 11 is 0. The molecule has 2 aromatic carbocycles. The van der Waals surface area contributed by atoms with E-state index in [1.165, 1.54) is 6.92 Å². The highest BCUT2D eigenvalue weighted by Gasteiger charge is 2.19. The molecule has 0 saturated heterocycles. The second-order valence-corrected chi connectivity index (χ2v) is 5.54. The van der Waals surface area contributed by atoms with Crippen molar-refractivity contribution >= 4 is 17.9 Å². The van der Waals surface area contributed by atoms with Crippen molar-refractivity contribution < 1.29 is 23.9 Å². The number of nitrogens with one attached hydrogen (secondary N) is 1. The second-order valence-electron chi connectivity index (χ2n) is 5.54. The monoisotopic (exact) mass is 356 g/mol. The number of primary amides is 1. The molecule has 0 bridgehead atoms. The largest absolute Gasteiger partial charge is 0.482 e. The predicted octanol–water partition coefficient (Wildman–Crippen LogP) is 1.78. The Morgan fingerprint density at radius 3 is 2.38 bits per heavy atom. The van der Waals surface area contributed by atoms with E-state index in [4.69, 9.17) is 15.2 Å². The Labute approximate surface area is 151 Å². The molecule has 7 nitrogen and oxygen atoms in total. The minimum atomic E-state index is -1.15. The van der Waals surface area contributed by atoms with Crippen molar-refractivity contribution in [1.82, 2.24) is 5.32 Å². The van der Waals surface area contributed by atoms with E-state index in [1.807, 2.05) is 47.8 Å². The molecule has 0 unspecified atom stereocenters. The average molecular weight is 356 g/mol. The van der Waals surface area contributed by atoms with Gasteiger partial charge in [0.25, 0.3) is 5.91 Å². The van der Waals surface area contributed by atoms with Gasteiger partial charge in [-0.15, -0.1) is 0 Å². The number of urea groups is 1. The Kier molecular flexibility index (Phi) is 6.73. The van der Waals surface area contributed by atoms with E-state index < -0.39 is 24.0 Å². The minimum Gasteiger partial charge on any atom is -0.482 e. The van der Waals surface area contributed by atoms with E-state index in [9.17, 15) is 14.4 Å². The lowest BCUT2D eigenvalue weighted by atomic mass is 10.0. The zero-order valence-electron chi connectivity index (χ0n) is 14.3. The summed E-state index contributed by atoms with van der Waals surface area (Å²) in [6.07, 6.45) is -0.498. The molecule has 26 heavy (non-hydrogen) atoms. The fourth-order valence-corrected chi connectivity index (χ4v) is 2.25. The van der Waals surface area contributed by atoms with Gasteiger partial charge >= 0.3 is 12.0 Å². The quantitative estimate of drug-likeness (QED) is 0.735. The van der Waals surface area contributed by atoms with Gasteiger partial charge in [-0.25, -0.2) is 9.59 Å².